The summed E-state index contributed by atoms with van der Waals surface area (Å²) in [6.07, 6.45) is 5.74. The third kappa shape index (κ3) is 2.87. The molecule has 5 rings (SSSR count). The maximum Gasteiger partial charge on any atom is 0.257 e. The van der Waals surface area contributed by atoms with Crippen LogP contribution in [0.5, 0.6) is 5.75 Å². The second kappa shape index (κ2) is 6.22. The van der Waals surface area contributed by atoms with E-state index in [1.807, 2.05) is 0 Å². The second-order valence-corrected chi connectivity index (χ2v) is 6.91. The molecule has 7 nitrogen and oxygen atoms in total. The number of hydrogen-bond donors (Lipinski definition) is 2. The molecular formula is C19H18FN5O2. The Bertz CT molecular complexity index is 1030. The van der Waals surface area contributed by atoms with Gasteiger partial charge in [-0.3, -0.25) is 4.79 Å². The molecule has 1 aliphatic carbocycles. The van der Waals surface area contributed by atoms with Gasteiger partial charge in [-0.15, -0.1) is 0 Å². The van der Waals surface area contributed by atoms with Gasteiger partial charge in [0, 0.05) is 18.3 Å². The summed E-state index contributed by atoms with van der Waals surface area (Å²) in [6.45, 7) is 0.360. The number of ether oxygens (including phenoxy) is 1. The fourth-order valence-corrected chi connectivity index (χ4v) is 3.76. The van der Waals surface area contributed by atoms with Crippen LogP contribution in [-0.2, 0) is 6.54 Å². The van der Waals surface area contributed by atoms with E-state index in [0.717, 1.165) is 19.3 Å². The van der Waals surface area contributed by atoms with Gasteiger partial charge in [0.15, 0.2) is 5.65 Å². The van der Waals surface area contributed by atoms with Crippen molar-refractivity contribution in [3.8, 4) is 5.75 Å². The number of fused-ring (bicyclic) bond motifs is 3. The zero-order valence-electron chi connectivity index (χ0n) is 14.5. The van der Waals surface area contributed by atoms with Crippen molar-refractivity contribution in [3.05, 3.63) is 53.6 Å². The predicted octanol–water partition coefficient (Wildman–Crippen LogP) is 2.52. The smallest absolute Gasteiger partial charge is 0.257 e. The van der Waals surface area contributed by atoms with Crippen molar-refractivity contribution in [2.45, 2.75) is 38.0 Å². The first-order chi connectivity index (χ1) is 13.2. The molecule has 2 aromatic heterocycles. The maximum atomic E-state index is 13.8. The maximum absolute atomic E-state index is 13.8. The van der Waals surface area contributed by atoms with Crippen molar-refractivity contribution >= 4 is 17.4 Å². The van der Waals surface area contributed by atoms with Crippen LogP contribution in [0.4, 0.5) is 10.2 Å². The molecule has 1 saturated carbocycles. The molecule has 3 aromatic rings. The summed E-state index contributed by atoms with van der Waals surface area (Å²) in [4.78, 5) is 17.3. The minimum absolute atomic E-state index is 0.109. The number of nitrogens with one attached hydrogen (secondary N) is 2. The fourth-order valence-electron chi connectivity index (χ4n) is 3.76. The van der Waals surface area contributed by atoms with Gasteiger partial charge in [-0.1, -0.05) is 0 Å². The highest BCUT2D eigenvalue weighted by Crippen LogP contribution is 2.29. The third-order valence-electron chi connectivity index (χ3n) is 5.14. The van der Waals surface area contributed by atoms with E-state index in [-0.39, 0.29) is 23.9 Å². The van der Waals surface area contributed by atoms with Crippen LogP contribution < -0.4 is 15.4 Å². The summed E-state index contributed by atoms with van der Waals surface area (Å²) in [6, 6.07) is 6.15. The summed E-state index contributed by atoms with van der Waals surface area (Å²) in [5.74, 6) is 0.667. The summed E-state index contributed by atoms with van der Waals surface area (Å²) >= 11 is 0. The lowest BCUT2D eigenvalue weighted by Crippen LogP contribution is -2.42. The van der Waals surface area contributed by atoms with Gasteiger partial charge in [-0.2, -0.15) is 5.10 Å². The highest BCUT2D eigenvalue weighted by Gasteiger charge is 2.32. The van der Waals surface area contributed by atoms with Gasteiger partial charge in [0.25, 0.3) is 5.91 Å². The zero-order chi connectivity index (χ0) is 18.4. The quantitative estimate of drug-likeness (QED) is 0.638. The summed E-state index contributed by atoms with van der Waals surface area (Å²) in [5, 5.41) is 10.4. The van der Waals surface area contributed by atoms with Crippen LogP contribution in [0.3, 0.4) is 0 Å². The van der Waals surface area contributed by atoms with Gasteiger partial charge in [-0.25, -0.2) is 13.9 Å². The van der Waals surface area contributed by atoms with Crippen molar-refractivity contribution in [1.29, 1.82) is 0 Å². The number of aromatic nitrogens is 3. The molecule has 3 heterocycles. The van der Waals surface area contributed by atoms with Crippen LogP contribution >= 0.6 is 0 Å². The molecule has 1 aliphatic heterocycles. The minimum atomic E-state index is -0.318. The molecular weight excluding hydrogens is 349 g/mol. The molecule has 0 saturated heterocycles. The largest absolute Gasteiger partial charge is 0.488 e. The Balaban J connectivity index is 1.61. The average molecular weight is 367 g/mol. The second-order valence-electron chi connectivity index (χ2n) is 6.91. The van der Waals surface area contributed by atoms with Gasteiger partial charge in [0.1, 0.15) is 29.1 Å². The van der Waals surface area contributed by atoms with Gasteiger partial charge in [0.05, 0.1) is 12.2 Å². The number of hydrogen-bond acceptors (Lipinski definition) is 5. The van der Waals surface area contributed by atoms with Crippen molar-refractivity contribution in [1.82, 2.24) is 19.9 Å². The van der Waals surface area contributed by atoms with Crippen LogP contribution in [0.15, 0.2) is 36.7 Å². The number of benzene rings is 1. The first-order valence-corrected chi connectivity index (χ1v) is 9.01. The highest BCUT2D eigenvalue weighted by atomic mass is 19.1. The molecule has 2 bridgehead atoms. The first kappa shape index (κ1) is 16.0. The van der Waals surface area contributed by atoms with E-state index >= 15 is 0 Å². The van der Waals surface area contributed by atoms with Crippen LogP contribution in [0, 0.1) is 5.82 Å². The van der Waals surface area contributed by atoms with Crippen LogP contribution in [0.25, 0.3) is 5.65 Å². The lowest BCUT2D eigenvalue weighted by atomic mass is 10.1. The van der Waals surface area contributed by atoms with E-state index in [1.165, 1.54) is 18.3 Å². The first-order valence-electron chi connectivity index (χ1n) is 9.01. The summed E-state index contributed by atoms with van der Waals surface area (Å²) in [5.41, 5.74) is 1.61. The highest BCUT2D eigenvalue weighted by molar-refractivity contribution is 6.00. The number of amides is 1. The van der Waals surface area contributed by atoms with Gasteiger partial charge < -0.3 is 15.4 Å². The molecule has 0 spiro atoms. The topological polar surface area (TPSA) is 80.5 Å². The molecule has 1 aromatic carbocycles. The van der Waals surface area contributed by atoms with Crippen molar-refractivity contribution in [2.24, 2.45) is 0 Å². The average Bonchev–Trinajstić information content (AvgIpc) is 3.27. The van der Waals surface area contributed by atoms with Gasteiger partial charge in [-0.05, 0) is 43.5 Å². The number of rotatable bonds is 0. The molecule has 8 heteroatoms. The molecule has 2 atom stereocenters. The third-order valence-corrected chi connectivity index (χ3v) is 5.14. The van der Waals surface area contributed by atoms with Crippen molar-refractivity contribution < 1.29 is 13.9 Å². The number of halogens is 1. The number of carbonyl (C=O) groups excluding carboxylic acids is 1. The normalized spacial score (nSPS) is 21.9. The van der Waals surface area contributed by atoms with Gasteiger partial charge >= 0.3 is 0 Å². The lowest BCUT2D eigenvalue weighted by molar-refractivity contribution is 0.0895. The molecule has 2 N–H and O–H groups in total. The molecule has 1 amide bonds. The van der Waals surface area contributed by atoms with E-state index in [2.05, 4.69) is 20.7 Å². The van der Waals surface area contributed by atoms with E-state index in [1.54, 1.807) is 22.8 Å². The van der Waals surface area contributed by atoms with E-state index < -0.39 is 0 Å². The molecule has 27 heavy (non-hydrogen) atoms. The van der Waals surface area contributed by atoms with E-state index in [4.69, 9.17) is 4.74 Å². The minimum Gasteiger partial charge on any atom is -0.488 e. The Kier molecular flexibility index (Phi) is 3.70. The Morgan fingerprint density at radius 1 is 1.26 bits per heavy atom. The molecule has 138 valence electrons. The van der Waals surface area contributed by atoms with E-state index in [9.17, 15) is 9.18 Å². The summed E-state index contributed by atoms with van der Waals surface area (Å²) < 4.78 is 21.5. The zero-order valence-corrected chi connectivity index (χ0v) is 14.5. The van der Waals surface area contributed by atoms with Crippen LogP contribution in [-0.4, -0.2) is 32.7 Å². The van der Waals surface area contributed by atoms with Crippen LogP contribution in [0.2, 0.25) is 0 Å². The molecule has 0 radical (unpaired) electrons. The van der Waals surface area contributed by atoms with Crippen molar-refractivity contribution in [3.63, 3.8) is 0 Å². The Labute approximate surface area is 154 Å². The fraction of sp³-hybridized carbons (Fsp3) is 0.316. The monoisotopic (exact) mass is 367 g/mol. The van der Waals surface area contributed by atoms with Crippen molar-refractivity contribution in [2.75, 3.05) is 5.32 Å². The Morgan fingerprint density at radius 2 is 2.19 bits per heavy atom. The Hall–Kier alpha value is -3.16. The SMILES string of the molecule is O=C1NC2CCCC2Oc2ccc(F)cc2CNc2ccn3ncc1c3n2. The molecule has 2 aliphatic rings. The van der Waals surface area contributed by atoms with Crippen LogP contribution in [0.1, 0.15) is 35.2 Å². The number of anilines is 1. The van der Waals surface area contributed by atoms with Gasteiger partial charge in [0.2, 0.25) is 0 Å². The lowest BCUT2D eigenvalue weighted by Gasteiger charge is -2.23. The number of nitrogens with zero attached hydrogens (tertiary/aromatic N) is 3. The predicted molar refractivity (Wildman–Crippen MR) is 96.2 cm³/mol. The molecule has 2 unspecified atom stereocenters. The number of carbonyl (C=O) groups is 1. The Morgan fingerprint density at radius 3 is 3.11 bits per heavy atom. The molecule has 1 fully saturated rings. The summed E-state index contributed by atoms with van der Waals surface area (Å²) in [7, 11) is 0. The standard InChI is InChI=1S/C19H18FN5O2/c20-12-4-5-15-11(8-12)9-21-17-6-7-25-18(24-17)13(10-22-25)19(26)23-14-2-1-3-16(14)27-15/h4-8,10,14,16H,1-3,9H2,(H,21,24)(H,23,26). The van der Waals surface area contributed by atoms with E-state index in [0.29, 0.717) is 34.9 Å².